The molecule has 0 radical (unpaired) electrons. The van der Waals surface area contributed by atoms with Gasteiger partial charge in [-0.15, -0.1) is 11.3 Å². The second-order valence-corrected chi connectivity index (χ2v) is 9.53. The van der Waals surface area contributed by atoms with Crippen LogP contribution in [0.15, 0.2) is 29.1 Å². The van der Waals surface area contributed by atoms with Gasteiger partial charge in [-0.05, 0) is 49.9 Å². The first kappa shape index (κ1) is 21.4. The molecule has 3 heterocycles. The molecule has 30 heavy (non-hydrogen) atoms. The van der Waals surface area contributed by atoms with Crippen molar-refractivity contribution < 1.29 is 13.9 Å². The smallest absolute Gasteiger partial charge is 0.227 e. The molecule has 2 aliphatic rings. The van der Waals surface area contributed by atoms with Crippen LogP contribution in [0.2, 0.25) is 0 Å². The van der Waals surface area contributed by atoms with Gasteiger partial charge in [-0.3, -0.25) is 4.79 Å². The van der Waals surface area contributed by atoms with Crippen LogP contribution in [0.4, 0.5) is 4.39 Å². The maximum atomic E-state index is 13.8. The number of nitrogens with zero attached hydrogens (tertiary/aromatic N) is 3. The number of benzene rings is 1. The summed E-state index contributed by atoms with van der Waals surface area (Å²) < 4.78 is 20.0. The Hall–Kier alpha value is -1.83. The van der Waals surface area contributed by atoms with Gasteiger partial charge in [0.2, 0.25) is 5.91 Å². The number of piperidine rings is 1. The van der Waals surface area contributed by atoms with Crippen molar-refractivity contribution in [3.8, 4) is 0 Å². The average molecular weight is 432 g/mol. The molecule has 5 nitrogen and oxygen atoms in total. The fraction of sp³-hybridized carbons (Fsp3) is 0.565. The van der Waals surface area contributed by atoms with Crippen LogP contribution in [0, 0.1) is 11.7 Å². The van der Waals surface area contributed by atoms with E-state index in [1.807, 2.05) is 42.8 Å². The number of carbonyl (C=O) groups excluding carboxylic acids is 1. The summed E-state index contributed by atoms with van der Waals surface area (Å²) in [6.45, 7) is 7.01. The third-order valence-electron chi connectivity index (χ3n) is 6.62. The Morgan fingerprint density at radius 1 is 1.37 bits per heavy atom. The number of fused-ring (bicyclic) bond motifs is 2. The van der Waals surface area contributed by atoms with Gasteiger partial charge < -0.3 is 14.5 Å². The lowest BCUT2D eigenvalue weighted by atomic mass is 9.83. The van der Waals surface area contributed by atoms with Crippen LogP contribution in [0.1, 0.15) is 43.5 Å². The van der Waals surface area contributed by atoms with Gasteiger partial charge in [-0.1, -0.05) is 6.07 Å². The van der Waals surface area contributed by atoms with E-state index in [9.17, 15) is 9.18 Å². The second kappa shape index (κ2) is 8.73. The van der Waals surface area contributed by atoms with Crippen LogP contribution in [0.25, 0.3) is 0 Å². The molecule has 1 aromatic heterocycles. The molecule has 7 heteroatoms. The van der Waals surface area contributed by atoms with Crippen LogP contribution in [-0.4, -0.2) is 53.4 Å². The molecule has 162 valence electrons. The van der Waals surface area contributed by atoms with Crippen LogP contribution in [-0.2, 0) is 28.2 Å². The van der Waals surface area contributed by atoms with Crippen molar-refractivity contribution in [1.82, 2.24) is 14.8 Å². The normalized spacial score (nSPS) is 19.2. The van der Waals surface area contributed by atoms with Crippen molar-refractivity contribution >= 4 is 17.2 Å². The molecule has 1 amide bonds. The van der Waals surface area contributed by atoms with E-state index in [0.717, 1.165) is 42.8 Å². The summed E-state index contributed by atoms with van der Waals surface area (Å²) in [4.78, 5) is 21.7. The lowest BCUT2D eigenvalue weighted by Gasteiger charge is -2.40. The van der Waals surface area contributed by atoms with E-state index in [4.69, 9.17) is 4.74 Å². The maximum Gasteiger partial charge on any atom is 0.227 e. The highest BCUT2D eigenvalue weighted by Gasteiger charge is 2.43. The van der Waals surface area contributed by atoms with Gasteiger partial charge in [-0.25, -0.2) is 9.37 Å². The molecule has 2 aliphatic heterocycles. The highest BCUT2D eigenvalue weighted by atomic mass is 32.1. The summed E-state index contributed by atoms with van der Waals surface area (Å²) in [5.41, 5.74) is 4.53. The Kier molecular flexibility index (Phi) is 6.23. The predicted molar refractivity (Wildman–Crippen MR) is 116 cm³/mol. The number of halogens is 1. The Morgan fingerprint density at radius 3 is 2.80 bits per heavy atom. The fourth-order valence-electron chi connectivity index (χ4n) is 4.58. The van der Waals surface area contributed by atoms with Crippen molar-refractivity contribution in [2.75, 3.05) is 26.7 Å². The quantitative estimate of drug-likeness (QED) is 0.697. The summed E-state index contributed by atoms with van der Waals surface area (Å²) in [6.07, 6.45) is 2.30. The zero-order chi connectivity index (χ0) is 21.3. The monoisotopic (exact) mass is 431 g/mol. The molecule has 4 rings (SSSR count). The number of thiazole rings is 1. The van der Waals surface area contributed by atoms with Gasteiger partial charge in [0.15, 0.2) is 0 Å². The Balaban J connectivity index is 1.44. The number of hydrogen-bond acceptors (Lipinski definition) is 5. The number of rotatable bonds is 6. The average Bonchev–Trinajstić information content (AvgIpc) is 3.37. The third kappa shape index (κ3) is 4.29. The minimum Gasteiger partial charge on any atom is -0.365 e. The Bertz CT molecular complexity index is 879. The summed E-state index contributed by atoms with van der Waals surface area (Å²) in [5, 5.41) is 2.03. The molecule has 1 spiro atoms. The molecule has 0 bridgehead atoms. The predicted octanol–water partition coefficient (Wildman–Crippen LogP) is 3.83. The summed E-state index contributed by atoms with van der Waals surface area (Å²) in [6, 6.07) is 5.16. The largest absolute Gasteiger partial charge is 0.365 e. The second-order valence-electron chi connectivity index (χ2n) is 8.81. The van der Waals surface area contributed by atoms with Gasteiger partial charge in [0, 0.05) is 44.5 Å². The van der Waals surface area contributed by atoms with E-state index in [1.165, 1.54) is 6.07 Å². The summed E-state index contributed by atoms with van der Waals surface area (Å²) in [5.74, 6) is -0.155. The SMILES string of the molecule is CC(C)N(C)C(=O)C(Cc1cscn1)CN1CCC2(CC1)OCc1ccc(F)cc12. The molecule has 2 aromatic rings. The minimum absolute atomic E-state index is 0.122. The van der Waals surface area contributed by atoms with Crippen molar-refractivity contribution in [3.63, 3.8) is 0 Å². The topological polar surface area (TPSA) is 45.7 Å². The molecule has 1 saturated heterocycles. The van der Waals surface area contributed by atoms with Crippen LogP contribution in [0.3, 0.4) is 0 Å². The molecule has 1 atom stereocenters. The zero-order valence-electron chi connectivity index (χ0n) is 17.9. The molecular weight excluding hydrogens is 401 g/mol. The van der Waals surface area contributed by atoms with Crippen molar-refractivity contribution in [3.05, 3.63) is 51.7 Å². The van der Waals surface area contributed by atoms with Gasteiger partial charge in [0.25, 0.3) is 0 Å². The van der Waals surface area contributed by atoms with Crippen LogP contribution >= 0.6 is 11.3 Å². The molecular formula is C23H30FN3O2S. The number of amides is 1. The van der Waals surface area contributed by atoms with E-state index in [2.05, 4.69) is 9.88 Å². The lowest BCUT2D eigenvalue weighted by Crippen LogP contribution is -2.48. The van der Waals surface area contributed by atoms with Crippen molar-refractivity contribution in [2.45, 2.75) is 51.4 Å². The molecule has 0 aliphatic carbocycles. The van der Waals surface area contributed by atoms with Gasteiger partial charge in [0.05, 0.1) is 29.3 Å². The van der Waals surface area contributed by atoms with Crippen molar-refractivity contribution in [1.29, 1.82) is 0 Å². The molecule has 1 unspecified atom stereocenters. The highest BCUT2D eigenvalue weighted by Crippen LogP contribution is 2.44. The number of hydrogen-bond donors (Lipinski definition) is 0. The van der Waals surface area contributed by atoms with Crippen LogP contribution < -0.4 is 0 Å². The lowest BCUT2D eigenvalue weighted by molar-refractivity contribution is -0.137. The zero-order valence-corrected chi connectivity index (χ0v) is 18.8. The maximum absolute atomic E-state index is 13.8. The first-order valence-corrected chi connectivity index (χ1v) is 11.6. The molecule has 0 N–H and O–H groups in total. The first-order valence-electron chi connectivity index (χ1n) is 10.7. The molecule has 0 saturated carbocycles. The van der Waals surface area contributed by atoms with Gasteiger partial charge >= 0.3 is 0 Å². The van der Waals surface area contributed by atoms with E-state index in [1.54, 1.807) is 17.4 Å². The standard InChI is InChI=1S/C23H30FN3O2S/c1-16(2)26(3)22(28)18(10-20-14-30-15-25-20)12-27-8-6-23(7-9-27)21-11-19(24)5-4-17(21)13-29-23/h4-5,11,14-16,18H,6-10,12-13H2,1-3H3. The van der Waals surface area contributed by atoms with E-state index < -0.39 is 0 Å². The number of ether oxygens (including phenoxy) is 1. The highest BCUT2D eigenvalue weighted by molar-refractivity contribution is 7.07. The first-order chi connectivity index (χ1) is 14.4. The van der Waals surface area contributed by atoms with E-state index >= 15 is 0 Å². The number of carbonyl (C=O) groups is 1. The third-order valence-corrected chi connectivity index (χ3v) is 7.25. The molecule has 1 fully saturated rings. The van der Waals surface area contributed by atoms with Crippen LogP contribution in [0.5, 0.6) is 0 Å². The minimum atomic E-state index is -0.378. The summed E-state index contributed by atoms with van der Waals surface area (Å²) >= 11 is 1.56. The van der Waals surface area contributed by atoms with Crippen molar-refractivity contribution in [2.24, 2.45) is 5.92 Å². The number of aromatic nitrogens is 1. The molecule has 1 aromatic carbocycles. The van der Waals surface area contributed by atoms with Gasteiger partial charge in [0.1, 0.15) is 5.82 Å². The fourth-order valence-corrected chi connectivity index (χ4v) is 5.15. The number of likely N-dealkylation sites (tertiary alicyclic amines) is 1. The van der Waals surface area contributed by atoms with Gasteiger partial charge in [-0.2, -0.15) is 0 Å². The Morgan fingerprint density at radius 2 is 2.13 bits per heavy atom. The van der Waals surface area contributed by atoms with E-state index in [-0.39, 0.29) is 29.3 Å². The van der Waals surface area contributed by atoms with E-state index in [0.29, 0.717) is 19.6 Å². The summed E-state index contributed by atoms with van der Waals surface area (Å²) in [7, 11) is 1.88. The Labute approximate surface area is 181 Å².